The largest absolute Gasteiger partial charge is 0.361 e. The number of fused-ring (bicyclic) bond motifs is 1. The van der Waals surface area contributed by atoms with Crippen molar-refractivity contribution in [2.75, 3.05) is 0 Å². The molecule has 26 heavy (non-hydrogen) atoms. The number of carbonyl (C=O) groups excluding carboxylic acids is 1. The molecule has 3 N–H and O–H groups in total. The Morgan fingerprint density at radius 2 is 1.96 bits per heavy atom. The van der Waals surface area contributed by atoms with Crippen LogP contribution in [0.3, 0.4) is 0 Å². The molecule has 1 aliphatic heterocycles. The Kier molecular flexibility index (Phi) is 4.17. The molecule has 1 fully saturated rings. The summed E-state index contributed by atoms with van der Waals surface area (Å²) < 4.78 is 1.53. The van der Waals surface area contributed by atoms with Gasteiger partial charge < -0.3 is 15.0 Å². The van der Waals surface area contributed by atoms with Gasteiger partial charge in [-0.2, -0.15) is 0 Å². The monoisotopic (exact) mass is 353 g/mol. The fourth-order valence-corrected chi connectivity index (χ4v) is 4.04. The van der Waals surface area contributed by atoms with E-state index in [9.17, 15) is 14.7 Å². The van der Waals surface area contributed by atoms with E-state index in [0.29, 0.717) is 5.56 Å². The summed E-state index contributed by atoms with van der Waals surface area (Å²) in [6.07, 6.45) is 4.92. The number of amides is 1. The lowest BCUT2D eigenvalue weighted by Crippen LogP contribution is -2.49. The molecule has 2 aromatic rings. The second kappa shape index (κ2) is 6.37. The van der Waals surface area contributed by atoms with Gasteiger partial charge in [0.25, 0.3) is 5.56 Å². The number of benzene rings is 1. The number of nitrogens with zero attached hydrogens (tertiary/aromatic N) is 1. The predicted octanol–water partition coefficient (Wildman–Crippen LogP) is 0.926. The highest BCUT2D eigenvalue weighted by Gasteiger charge is 2.48. The van der Waals surface area contributed by atoms with Crippen molar-refractivity contribution < 1.29 is 9.90 Å². The van der Waals surface area contributed by atoms with Crippen LogP contribution in [0, 0.1) is 6.92 Å². The molecule has 0 radical (unpaired) electrons. The summed E-state index contributed by atoms with van der Waals surface area (Å²) in [5.41, 5.74) is 2.65. The van der Waals surface area contributed by atoms with E-state index in [0.717, 1.165) is 24.8 Å². The third-order valence-corrected chi connectivity index (χ3v) is 5.50. The summed E-state index contributed by atoms with van der Waals surface area (Å²) in [5.74, 6) is -0.325. The molecule has 2 heterocycles. The second-order valence-electron chi connectivity index (χ2n) is 7.24. The molecular weight excluding hydrogens is 330 g/mol. The Morgan fingerprint density at radius 1 is 1.19 bits per heavy atom. The minimum Gasteiger partial charge on any atom is -0.361 e. The van der Waals surface area contributed by atoms with Crippen molar-refractivity contribution in [1.29, 1.82) is 0 Å². The second-order valence-corrected chi connectivity index (χ2v) is 7.24. The van der Waals surface area contributed by atoms with E-state index < -0.39 is 11.9 Å². The van der Waals surface area contributed by atoms with Crippen LogP contribution in [0.15, 0.2) is 41.3 Å². The fourth-order valence-electron chi connectivity index (χ4n) is 4.04. The average molecular weight is 353 g/mol. The molecule has 2 aliphatic rings. The molecule has 1 aromatic heterocycles. The van der Waals surface area contributed by atoms with Gasteiger partial charge in [-0.05, 0) is 55.4 Å². The Morgan fingerprint density at radius 3 is 2.69 bits per heavy atom. The molecule has 1 aliphatic carbocycles. The van der Waals surface area contributed by atoms with Gasteiger partial charge in [0.1, 0.15) is 5.54 Å². The lowest BCUT2D eigenvalue weighted by molar-refractivity contribution is -0.125. The Balaban J connectivity index is 1.81. The molecule has 2 unspecified atom stereocenters. The van der Waals surface area contributed by atoms with Gasteiger partial charge in [0.05, 0.1) is 6.54 Å². The topological polar surface area (TPSA) is 83.4 Å². The van der Waals surface area contributed by atoms with Crippen molar-refractivity contribution in [2.24, 2.45) is 0 Å². The van der Waals surface area contributed by atoms with Gasteiger partial charge >= 0.3 is 0 Å². The number of aliphatic hydroxyl groups is 1. The average Bonchev–Trinajstić information content (AvgIpc) is 2.93. The number of hydrogen-bond acceptors (Lipinski definition) is 4. The first kappa shape index (κ1) is 17.0. The number of carbonyl (C=O) groups is 1. The SMILES string of the molecule is Cc1cccn(CC2(c3ccc4c(c3)CCCC4)NC(O)NC2=O)c1=O. The molecule has 4 rings (SSSR count). The van der Waals surface area contributed by atoms with Crippen molar-refractivity contribution in [2.45, 2.75) is 51.0 Å². The molecule has 2 atom stereocenters. The Labute approximate surface area is 151 Å². The van der Waals surface area contributed by atoms with Crippen molar-refractivity contribution in [3.63, 3.8) is 0 Å². The maximum atomic E-state index is 12.8. The smallest absolute Gasteiger partial charge is 0.253 e. The normalized spacial score (nSPS) is 25.0. The fraction of sp³-hybridized carbons (Fsp3) is 0.400. The quantitative estimate of drug-likeness (QED) is 0.766. The minimum atomic E-state index is -1.18. The van der Waals surface area contributed by atoms with Gasteiger partial charge in [-0.15, -0.1) is 0 Å². The molecule has 1 saturated heterocycles. The van der Waals surface area contributed by atoms with Crippen LogP contribution in [0.25, 0.3) is 0 Å². The van der Waals surface area contributed by atoms with E-state index in [1.807, 2.05) is 6.07 Å². The van der Waals surface area contributed by atoms with E-state index >= 15 is 0 Å². The van der Waals surface area contributed by atoms with Gasteiger partial charge in [0.15, 0.2) is 6.35 Å². The Bertz CT molecular complexity index is 921. The summed E-state index contributed by atoms with van der Waals surface area (Å²) in [6, 6.07) is 9.61. The zero-order valence-electron chi connectivity index (χ0n) is 14.8. The predicted molar refractivity (Wildman–Crippen MR) is 97.5 cm³/mol. The van der Waals surface area contributed by atoms with Crippen LogP contribution in [0.4, 0.5) is 0 Å². The van der Waals surface area contributed by atoms with Gasteiger partial charge in [0, 0.05) is 11.8 Å². The van der Waals surface area contributed by atoms with Crippen molar-refractivity contribution >= 4 is 5.91 Å². The summed E-state index contributed by atoms with van der Waals surface area (Å²) in [7, 11) is 0. The van der Waals surface area contributed by atoms with Crippen LogP contribution in [0.2, 0.25) is 0 Å². The minimum absolute atomic E-state index is 0.120. The number of hydrogen-bond donors (Lipinski definition) is 3. The Hall–Kier alpha value is -2.44. The van der Waals surface area contributed by atoms with Gasteiger partial charge in [-0.1, -0.05) is 24.3 Å². The standard InChI is InChI=1S/C20H23N3O3/c1-13-5-4-10-23(17(13)24)12-20(18(25)21-19(26)22-20)16-9-8-14-6-2-3-7-15(14)11-16/h4-5,8-11,19,22,26H,2-3,6-7,12H2,1H3,(H,21,25). The molecule has 6 nitrogen and oxygen atoms in total. The van der Waals surface area contributed by atoms with Crippen LogP contribution < -0.4 is 16.2 Å². The van der Waals surface area contributed by atoms with Crippen molar-refractivity contribution in [1.82, 2.24) is 15.2 Å². The summed E-state index contributed by atoms with van der Waals surface area (Å²) in [4.78, 5) is 25.3. The van der Waals surface area contributed by atoms with E-state index in [1.54, 1.807) is 25.3 Å². The maximum Gasteiger partial charge on any atom is 0.253 e. The van der Waals surface area contributed by atoms with E-state index in [2.05, 4.69) is 22.8 Å². The number of nitrogens with one attached hydrogen (secondary N) is 2. The molecule has 0 spiro atoms. The third kappa shape index (κ3) is 2.75. The highest BCUT2D eigenvalue weighted by atomic mass is 16.3. The van der Waals surface area contributed by atoms with Crippen LogP contribution in [0.5, 0.6) is 0 Å². The molecule has 6 heteroatoms. The lowest BCUT2D eigenvalue weighted by atomic mass is 9.83. The number of rotatable bonds is 3. The molecular formula is C20H23N3O3. The maximum absolute atomic E-state index is 12.8. The molecule has 1 aromatic carbocycles. The summed E-state index contributed by atoms with van der Waals surface area (Å²) >= 11 is 0. The van der Waals surface area contributed by atoms with Crippen molar-refractivity contribution in [3.05, 3.63) is 69.1 Å². The number of pyridine rings is 1. The van der Waals surface area contributed by atoms with E-state index in [1.165, 1.54) is 22.1 Å². The number of aromatic nitrogens is 1. The van der Waals surface area contributed by atoms with Crippen LogP contribution in [0.1, 0.15) is 35.1 Å². The first-order chi connectivity index (χ1) is 12.5. The van der Waals surface area contributed by atoms with Crippen LogP contribution >= 0.6 is 0 Å². The highest BCUT2D eigenvalue weighted by molar-refractivity contribution is 5.89. The van der Waals surface area contributed by atoms with E-state index in [-0.39, 0.29) is 18.0 Å². The summed E-state index contributed by atoms with van der Waals surface area (Å²) in [6.45, 7) is 1.87. The van der Waals surface area contributed by atoms with Crippen LogP contribution in [-0.2, 0) is 29.7 Å². The van der Waals surface area contributed by atoms with Gasteiger partial charge in [-0.3, -0.25) is 14.9 Å². The highest BCUT2D eigenvalue weighted by Crippen LogP contribution is 2.31. The zero-order chi connectivity index (χ0) is 18.3. The first-order valence-corrected chi connectivity index (χ1v) is 9.05. The van der Waals surface area contributed by atoms with E-state index in [4.69, 9.17) is 0 Å². The molecule has 0 bridgehead atoms. The lowest BCUT2D eigenvalue weighted by Gasteiger charge is -2.29. The first-order valence-electron chi connectivity index (χ1n) is 9.05. The van der Waals surface area contributed by atoms with Crippen molar-refractivity contribution in [3.8, 4) is 0 Å². The molecule has 136 valence electrons. The van der Waals surface area contributed by atoms with Gasteiger partial charge in [0.2, 0.25) is 5.91 Å². The molecule has 1 amide bonds. The zero-order valence-corrected chi connectivity index (χ0v) is 14.8. The molecule has 0 saturated carbocycles. The van der Waals surface area contributed by atoms with Gasteiger partial charge in [-0.25, -0.2) is 0 Å². The number of aryl methyl sites for hydroxylation is 3. The third-order valence-electron chi connectivity index (χ3n) is 5.50. The number of aliphatic hydroxyl groups excluding tert-OH is 1. The van der Waals surface area contributed by atoms with Crippen LogP contribution in [-0.4, -0.2) is 21.9 Å². The summed E-state index contributed by atoms with van der Waals surface area (Å²) in [5, 5.41) is 15.5.